The van der Waals surface area contributed by atoms with Crippen molar-refractivity contribution in [2.45, 2.75) is 0 Å². The van der Waals surface area contributed by atoms with Crippen molar-refractivity contribution in [3.63, 3.8) is 0 Å². The summed E-state index contributed by atoms with van der Waals surface area (Å²) in [6, 6.07) is 1.20. The van der Waals surface area contributed by atoms with E-state index in [0.29, 0.717) is 0 Å². The van der Waals surface area contributed by atoms with Crippen LogP contribution in [0.15, 0.2) is 31.2 Å². The minimum absolute atomic E-state index is 0. The summed E-state index contributed by atoms with van der Waals surface area (Å²) in [5.41, 5.74) is 0.313. The molecule has 1 radical (unpaired) electrons. The van der Waals surface area contributed by atoms with E-state index in [0.717, 1.165) is 6.33 Å². The van der Waals surface area contributed by atoms with Crippen LogP contribution in [-0.4, -0.2) is 45.2 Å². The Hall–Kier alpha value is -2.13. The molecule has 0 saturated heterocycles. The van der Waals surface area contributed by atoms with E-state index in [1.165, 1.54) is 39.1 Å². The summed E-state index contributed by atoms with van der Waals surface area (Å²) in [7, 11) is 2.62. The van der Waals surface area contributed by atoms with Crippen molar-refractivity contribution < 1.29 is 56.8 Å². The number of esters is 1. The molecule has 0 bridgehead atoms. The van der Waals surface area contributed by atoms with Crippen molar-refractivity contribution in [2.75, 3.05) is 14.2 Å². The van der Waals surface area contributed by atoms with Crippen LogP contribution in [-0.2, 0) is 47.0 Å². The number of aromatic hydroxyl groups is 1. The third-order valence-electron chi connectivity index (χ3n) is 2.44. The van der Waals surface area contributed by atoms with Gasteiger partial charge in [0.1, 0.15) is 18.2 Å². The maximum Gasteiger partial charge on any atom is 0.341 e. The molecule has 23 heavy (non-hydrogen) atoms. The van der Waals surface area contributed by atoms with Crippen LogP contribution in [0, 0.1) is 0 Å². The Labute approximate surface area is 156 Å². The van der Waals surface area contributed by atoms with Gasteiger partial charge in [0, 0.05) is 38.9 Å². The van der Waals surface area contributed by atoms with Crippen molar-refractivity contribution in [3.8, 4) is 17.6 Å². The molecule has 1 N–H and O–H groups in total. The van der Waals surface area contributed by atoms with Crippen LogP contribution in [0.1, 0.15) is 5.56 Å². The van der Waals surface area contributed by atoms with Crippen molar-refractivity contribution in [1.82, 2.24) is 19.9 Å². The van der Waals surface area contributed by atoms with Crippen molar-refractivity contribution in [1.29, 1.82) is 0 Å². The quantitative estimate of drug-likeness (QED) is 0.450. The molecule has 10 heteroatoms. The van der Waals surface area contributed by atoms with Crippen molar-refractivity contribution >= 4 is 11.5 Å². The molecule has 2 heterocycles. The van der Waals surface area contributed by atoms with Crippen LogP contribution in [0.25, 0.3) is 5.57 Å². The van der Waals surface area contributed by atoms with E-state index in [4.69, 9.17) is 9.47 Å². The van der Waals surface area contributed by atoms with E-state index in [1.54, 1.807) is 0 Å². The van der Waals surface area contributed by atoms with Gasteiger partial charge < -0.3 is 19.3 Å². The van der Waals surface area contributed by atoms with E-state index in [1.807, 2.05) is 0 Å². The molecule has 0 aliphatic carbocycles. The van der Waals surface area contributed by atoms with Gasteiger partial charge in [0.2, 0.25) is 17.6 Å². The molecular formula is C13H12N4O5Y. The van der Waals surface area contributed by atoms with Crippen LogP contribution in [0.3, 0.4) is 0 Å². The first-order valence-corrected chi connectivity index (χ1v) is 5.96. The largest absolute Gasteiger partial charge is 0.503 e. The summed E-state index contributed by atoms with van der Waals surface area (Å²) in [4.78, 5) is 27.0. The maximum absolute atomic E-state index is 11.8. The summed E-state index contributed by atoms with van der Waals surface area (Å²) in [6.45, 7) is 0. The molecule has 2 aromatic heterocycles. The predicted molar refractivity (Wildman–Crippen MR) is 72.8 cm³/mol. The van der Waals surface area contributed by atoms with Gasteiger partial charge in [-0.25, -0.2) is 24.7 Å². The van der Waals surface area contributed by atoms with Gasteiger partial charge in [-0.05, 0) is 0 Å². The van der Waals surface area contributed by atoms with Crippen LogP contribution >= 0.6 is 0 Å². The van der Waals surface area contributed by atoms with Crippen LogP contribution in [0.5, 0.6) is 17.6 Å². The molecule has 0 unspecified atom stereocenters. The summed E-state index contributed by atoms with van der Waals surface area (Å²) in [5, 5.41) is 9.31. The Balaban J connectivity index is 0.00000264. The van der Waals surface area contributed by atoms with E-state index < -0.39 is 5.97 Å². The van der Waals surface area contributed by atoms with Crippen LogP contribution < -0.4 is 4.74 Å². The minimum Gasteiger partial charge on any atom is -0.503 e. The fraction of sp³-hybridized carbons (Fsp3) is 0.154. The third kappa shape index (κ3) is 4.93. The Morgan fingerprint density at radius 2 is 2.00 bits per heavy atom. The molecule has 0 amide bonds. The SMILES string of the molecule is CO/C=C(/C(=O)OC)c1cncnc1Oc1cc(O)ncn1.[Y]. The summed E-state index contributed by atoms with van der Waals surface area (Å²) < 4.78 is 15.0. The minimum atomic E-state index is -0.646. The van der Waals surface area contributed by atoms with Gasteiger partial charge in [-0.3, -0.25) is 0 Å². The van der Waals surface area contributed by atoms with E-state index in [9.17, 15) is 9.90 Å². The third-order valence-corrected chi connectivity index (χ3v) is 2.44. The number of carbonyl (C=O) groups excluding carboxylic acids is 1. The van der Waals surface area contributed by atoms with Gasteiger partial charge in [-0.15, -0.1) is 0 Å². The van der Waals surface area contributed by atoms with Crippen molar-refractivity contribution in [2.24, 2.45) is 0 Å². The van der Waals surface area contributed by atoms with Gasteiger partial charge in [-0.2, -0.15) is 0 Å². The van der Waals surface area contributed by atoms with Crippen LogP contribution in [0.2, 0.25) is 0 Å². The van der Waals surface area contributed by atoms with Crippen LogP contribution in [0.4, 0.5) is 0 Å². The van der Waals surface area contributed by atoms with Gasteiger partial charge >= 0.3 is 5.97 Å². The Morgan fingerprint density at radius 1 is 1.22 bits per heavy atom. The van der Waals surface area contributed by atoms with Gasteiger partial charge in [0.25, 0.3) is 0 Å². The average molecular weight is 393 g/mol. The summed E-state index contributed by atoms with van der Waals surface area (Å²) in [6.07, 6.45) is 4.92. The zero-order chi connectivity index (χ0) is 15.9. The Kier molecular flexibility index (Phi) is 7.50. The molecule has 117 valence electrons. The standard InChI is InChI=1S/C13H12N4O5.Y/c1-20-5-9(13(19)21-2)8-4-14-6-17-12(8)22-11-3-10(18)15-7-16-11;/h3-7H,1-2H3,(H,15,16,18);/b9-5+;. The zero-order valence-corrected chi connectivity index (χ0v) is 15.2. The topological polar surface area (TPSA) is 117 Å². The number of methoxy groups -OCH3 is 2. The zero-order valence-electron chi connectivity index (χ0n) is 12.3. The predicted octanol–water partition coefficient (Wildman–Crippen LogP) is 0.922. The molecule has 0 saturated carbocycles. The second-order valence-electron chi connectivity index (χ2n) is 3.82. The summed E-state index contributed by atoms with van der Waals surface area (Å²) >= 11 is 0. The normalized spacial score (nSPS) is 10.4. The number of aromatic nitrogens is 4. The van der Waals surface area contributed by atoms with E-state index in [2.05, 4.69) is 24.7 Å². The molecular weight excluding hydrogens is 381 g/mol. The number of hydrogen-bond donors (Lipinski definition) is 1. The fourth-order valence-corrected chi connectivity index (χ4v) is 1.52. The first kappa shape index (κ1) is 18.9. The van der Waals surface area contributed by atoms with Gasteiger partial charge in [0.05, 0.1) is 32.1 Å². The molecule has 0 aliphatic rings. The summed E-state index contributed by atoms with van der Waals surface area (Å²) in [5.74, 6) is -0.816. The number of rotatable bonds is 5. The van der Waals surface area contributed by atoms with E-state index >= 15 is 0 Å². The molecule has 2 aromatic rings. The molecule has 0 spiro atoms. The molecule has 9 nitrogen and oxygen atoms in total. The number of ether oxygens (including phenoxy) is 3. The second kappa shape index (κ2) is 9.11. The van der Waals surface area contributed by atoms with Gasteiger partial charge in [0.15, 0.2) is 0 Å². The maximum atomic E-state index is 11.8. The first-order valence-electron chi connectivity index (χ1n) is 5.96. The van der Waals surface area contributed by atoms with Crippen molar-refractivity contribution in [3.05, 3.63) is 36.7 Å². The smallest absolute Gasteiger partial charge is 0.341 e. The van der Waals surface area contributed by atoms with Gasteiger partial charge in [-0.1, -0.05) is 0 Å². The average Bonchev–Trinajstić information content (AvgIpc) is 2.53. The second-order valence-corrected chi connectivity index (χ2v) is 3.82. The molecule has 0 aromatic carbocycles. The molecule has 0 fully saturated rings. The molecule has 0 aliphatic heterocycles. The number of hydrogen-bond acceptors (Lipinski definition) is 9. The molecule has 0 atom stereocenters. The first-order chi connectivity index (χ1) is 10.7. The monoisotopic (exact) mass is 393 g/mol. The Morgan fingerprint density at radius 3 is 2.65 bits per heavy atom. The number of nitrogens with zero attached hydrogens (tertiary/aromatic N) is 4. The van der Waals surface area contributed by atoms with E-state index in [-0.39, 0.29) is 61.5 Å². The number of carbonyl (C=O) groups is 1. The molecule has 2 rings (SSSR count). The Bertz CT molecular complexity index is 710. The fourth-order valence-electron chi connectivity index (χ4n) is 1.52.